The Morgan fingerprint density at radius 3 is 2.55 bits per heavy atom. The molecule has 2 aromatic rings. The van der Waals surface area contributed by atoms with Crippen LogP contribution < -0.4 is 5.32 Å². The number of carbonyl (C=O) groups is 2. The van der Waals surface area contributed by atoms with E-state index in [9.17, 15) is 9.59 Å². The molecule has 0 bridgehead atoms. The third-order valence-electron chi connectivity index (χ3n) is 6.71. The first-order valence-corrected chi connectivity index (χ1v) is 11.3. The number of benzene rings is 1. The van der Waals surface area contributed by atoms with Gasteiger partial charge < -0.3 is 15.2 Å². The smallest absolute Gasteiger partial charge is 0.270 e. The summed E-state index contributed by atoms with van der Waals surface area (Å²) in [6, 6.07) is 7.81. The number of nitrogens with zero attached hydrogens (tertiary/aromatic N) is 1. The van der Waals surface area contributed by atoms with Gasteiger partial charge in [0.2, 0.25) is 5.91 Å². The molecule has 1 atom stereocenters. The molecule has 0 radical (unpaired) electrons. The number of nitrogens with one attached hydrogen (secondary N) is 2. The standard InChI is InChI=1S/C23H30ClN3O2/c1-15(22(28)25-19-5-3-2-4-6-19)16-9-11-27(12-10-16)23(29)21-14-17-13-18(24)7-8-20(17)26-21/h7-8,13-16,19,26H,2-6,9-12H2,1H3,(H,25,28). The van der Waals surface area contributed by atoms with E-state index in [1.54, 1.807) is 0 Å². The molecule has 2 amide bonds. The highest BCUT2D eigenvalue weighted by Crippen LogP contribution is 2.28. The van der Waals surface area contributed by atoms with Crippen LogP contribution in [0.2, 0.25) is 5.02 Å². The predicted molar refractivity (Wildman–Crippen MR) is 116 cm³/mol. The highest BCUT2D eigenvalue weighted by molar-refractivity contribution is 6.31. The van der Waals surface area contributed by atoms with Crippen LogP contribution in [0.25, 0.3) is 10.9 Å². The van der Waals surface area contributed by atoms with Crippen LogP contribution in [0.15, 0.2) is 24.3 Å². The number of amides is 2. The van der Waals surface area contributed by atoms with Crippen molar-refractivity contribution in [1.82, 2.24) is 15.2 Å². The van der Waals surface area contributed by atoms with Gasteiger partial charge in [0, 0.05) is 41.0 Å². The molecule has 2 aliphatic rings. The minimum absolute atomic E-state index is 0.00407. The number of likely N-dealkylation sites (tertiary alicyclic amines) is 1. The van der Waals surface area contributed by atoms with E-state index >= 15 is 0 Å². The number of aromatic amines is 1. The largest absolute Gasteiger partial charge is 0.353 e. The van der Waals surface area contributed by atoms with Crippen LogP contribution in [-0.4, -0.2) is 40.8 Å². The summed E-state index contributed by atoms with van der Waals surface area (Å²) in [5, 5.41) is 4.87. The number of H-pyrrole nitrogens is 1. The van der Waals surface area contributed by atoms with E-state index in [4.69, 9.17) is 11.6 Å². The van der Waals surface area contributed by atoms with Gasteiger partial charge in [0.1, 0.15) is 5.69 Å². The summed E-state index contributed by atoms with van der Waals surface area (Å²) in [7, 11) is 0. The van der Waals surface area contributed by atoms with Crippen LogP contribution in [-0.2, 0) is 4.79 Å². The van der Waals surface area contributed by atoms with Gasteiger partial charge in [-0.05, 0) is 55.9 Å². The first-order valence-electron chi connectivity index (χ1n) is 10.9. The van der Waals surface area contributed by atoms with Crippen molar-refractivity contribution in [2.24, 2.45) is 11.8 Å². The monoisotopic (exact) mass is 415 g/mol. The number of fused-ring (bicyclic) bond motifs is 1. The maximum absolute atomic E-state index is 12.9. The number of carbonyl (C=O) groups excluding carboxylic acids is 2. The quantitative estimate of drug-likeness (QED) is 0.756. The van der Waals surface area contributed by atoms with Gasteiger partial charge in [-0.3, -0.25) is 9.59 Å². The maximum Gasteiger partial charge on any atom is 0.270 e. The fourth-order valence-electron chi connectivity index (χ4n) is 4.79. The molecule has 1 aliphatic heterocycles. The molecule has 2 heterocycles. The Kier molecular flexibility index (Phi) is 6.14. The molecular formula is C23H30ClN3O2. The molecule has 1 aliphatic carbocycles. The lowest BCUT2D eigenvalue weighted by Crippen LogP contribution is -2.45. The Labute approximate surface area is 177 Å². The summed E-state index contributed by atoms with van der Waals surface area (Å²) in [5.41, 5.74) is 1.52. The van der Waals surface area contributed by atoms with Crippen LogP contribution in [0.5, 0.6) is 0 Å². The van der Waals surface area contributed by atoms with Crippen LogP contribution in [0, 0.1) is 11.8 Å². The average Bonchev–Trinajstić information content (AvgIpc) is 3.16. The van der Waals surface area contributed by atoms with Crippen LogP contribution in [0.4, 0.5) is 0 Å². The van der Waals surface area contributed by atoms with Gasteiger partial charge in [0.25, 0.3) is 5.91 Å². The normalized spacial score (nSPS) is 20.0. The van der Waals surface area contributed by atoms with E-state index < -0.39 is 0 Å². The number of aromatic nitrogens is 1. The molecule has 2 N–H and O–H groups in total. The molecule has 5 nitrogen and oxygen atoms in total. The van der Waals surface area contributed by atoms with E-state index in [0.717, 1.165) is 36.6 Å². The first-order chi connectivity index (χ1) is 14.0. The SMILES string of the molecule is CC(C(=O)NC1CCCCC1)C1CCN(C(=O)c2cc3cc(Cl)ccc3[nH]2)CC1. The molecule has 29 heavy (non-hydrogen) atoms. The van der Waals surface area contributed by atoms with Gasteiger partial charge >= 0.3 is 0 Å². The zero-order valence-electron chi connectivity index (χ0n) is 17.0. The third kappa shape index (κ3) is 4.61. The third-order valence-corrected chi connectivity index (χ3v) is 6.95. The topological polar surface area (TPSA) is 65.2 Å². The van der Waals surface area contributed by atoms with E-state index in [1.807, 2.05) is 36.1 Å². The number of rotatable bonds is 4. The second-order valence-corrected chi connectivity index (χ2v) is 9.11. The Hall–Kier alpha value is -2.01. The minimum Gasteiger partial charge on any atom is -0.353 e. The molecule has 1 aromatic heterocycles. The van der Waals surface area contributed by atoms with Crippen molar-refractivity contribution in [1.29, 1.82) is 0 Å². The van der Waals surface area contributed by atoms with Gasteiger partial charge in [0.15, 0.2) is 0 Å². The van der Waals surface area contributed by atoms with Crippen molar-refractivity contribution in [3.63, 3.8) is 0 Å². The highest BCUT2D eigenvalue weighted by atomic mass is 35.5. The molecule has 1 unspecified atom stereocenters. The molecule has 1 aromatic carbocycles. The minimum atomic E-state index is 0.00407. The van der Waals surface area contributed by atoms with Crippen LogP contribution in [0.1, 0.15) is 62.4 Å². The van der Waals surface area contributed by atoms with E-state index in [-0.39, 0.29) is 17.7 Å². The average molecular weight is 416 g/mol. The Morgan fingerprint density at radius 1 is 1.10 bits per heavy atom. The molecular weight excluding hydrogens is 386 g/mol. The van der Waals surface area contributed by atoms with Crippen molar-refractivity contribution in [3.8, 4) is 0 Å². The Morgan fingerprint density at radius 2 is 1.83 bits per heavy atom. The Bertz CT molecular complexity index is 879. The number of piperidine rings is 1. The van der Waals surface area contributed by atoms with E-state index in [0.29, 0.717) is 35.8 Å². The second-order valence-electron chi connectivity index (χ2n) is 8.68. The number of halogens is 1. The van der Waals surface area contributed by atoms with Gasteiger partial charge in [-0.15, -0.1) is 0 Å². The molecule has 6 heteroatoms. The predicted octanol–water partition coefficient (Wildman–Crippen LogP) is 4.76. The van der Waals surface area contributed by atoms with Crippen molar-refractivity contribution in [2.75, 3.05) is 13.1 Å². The molecule has 1 saturated carbocycles. The number of hydrogen-bond donors (Lipinski definition) is 2. The Balaban J connectivity index is 1.32. The van der Waals surface area contributed by atoms with Crippen molar-refractivity contribution < 1.29 is 9.59 Å². The van der Waals surface area contributed by atoms with Gasteiger partial charge in [0.05, 0.1) is 0 Å². The summed E-state index contributed by atoms with van der Waals surface area (Å²) < 4.78 is 0. The van der Waals surface area contributed by atoms with Gasteiger partial charge in [-0.2, -0.15) is 0 Å². The van der Waals surface area contributed by atoms with Crippen molar-refractivity contribution in [3.05, 3.63) is 35.0 Å². The summed E-state index contributed by atoms with van der Waals surface area (Å²) in [6.07, 6.45) is 7.70. The summed E-state index contributed by atoms with van der Waals surface area (Å²) in [4.78, 5) is 30.7. The summed E-state index contributed by atoms with van der Waals surface area (Å²) >= 11 is 6.05. The zero-order chi connectivity index (χ0) is 20.4. The zero-order valence-corrected chi connectivity index (χ0v) is 17.8. The molecule has 1 saturated heterocycles. The molecule has 4 rings (SSSR count). The lowest BCUT2D eigenvalue weighted by Gasteiger charge is -2.35. The maximum atomic E-state index is 12.9. The summed E-state index contributed by atoms with van der Waals surface area (Å²) in [5.74, 6) is 0.554. The summed E-state index contributed by atoms with van der Waals surface area (Å²) in [6.45, 7) is 3.43. The van der Waals surface area contributed by atoms with Gasteiger partial charge in [-0.1, -0.05) is 37.8 Å². The second kappa shape index (κ2) is 8.78. The molecule has 156 valence electrons. The lowest BCUT2D eigenvalue weighted by atomic mass is 9.84. The van der Waals surface area contributed by atoms with E-state index in [1.165, 1.54) is 19.3 Å². The number of hydrogen-bond acceptors (Lipinski definition) is 2. The lowest BCUT2D eigenvalue weighted by molar-refractivity contribution is -0.127. The van der Waals surface area contributed by atoms with Gasteiger partial charge in [-0.25, -0.2) is 0 Å². The fourth-order valence-corrected chi connectivity index (χ4v) is 4.97. The highest BCUT2D eigenvalue weighted by Gasteiger charge is 2.31. The molecule has 2 fully saturated rings. The molecule has 0 spiro atoms. The fraction of sp³-hybridized carbons (Fsp3) is 0.565. The van der Waals surface area contributed by atoms with Crippen molar-refractivity contribution >= 4 is 34.3 Å². The van der Waals surface area contributed by atoms with Crippen LogP contribution >= 0.6 is 11.6 Å². The van der Waals surface area contributed by atoms with Crippen LogP contribution in [0.3, 0.4) is 0 Å². The van der Waals surface area contributed by atoms with Crippen molar-refractivity contribution in [2.45, 2.75) is 57.9 Å². The first kappa shape index (κ1) is 20.3. The van der Waals surface area contributed by atoms with E-state index in [2.05, 4.69) is 10.3 Å².